The van der Waals surface area contributed by atoms with Crippen LogP contribution in [0.25, 0.3) is 0 Å². The largest absolute Gasteiger partial charge is 0.449 e. The Morgan fingerprint density at radius 2 is 1.60 bits per heavy atom. The third-order valence-electron chi connectivity index (χ3n) is 3.19. The van der Waals surface area contributed by atoms with Gasteiger partial charge in [0.15, 0.2) is 6.10 Å². The van der Waals surface area contributed by atoms with Crippen LogP contribution in [0.4, 0.5) is 15.8 Å². The lowest BCUT2D eigenvalue weighted by atomic mass is 10.2. The summed E-state index contributed by atoms with van der Waals surface area (Å²) in [5, 5.41) is 5.19. The molecule has 0 aliphatic carbocycles. The third kappa shape index (κ3) is 5.42. The van der Waals surface area contributed by atoms with Gasteiger partial charge in [0, 0.05) is 18.3 Å². The zero-order valence-electron chi connectivity index (χ0n) is 13.7. The Kier molecular flexibility index (Phi) is 5.84. The average molecular weight is 344 g/mol. The van der Waals surface area contributed by atoms with Crippen molar-refractivity contribution in [3.8, 4) is 0 Å². The van der Waals surface area contributed by atoms with E-state index in [1.54, 1.807) is 24.3 Å². The molecule has 2 N–H and O–H groups in total. The van der Waals surface area contributed by atoms with Gasteiger partial charge in [0.1, 0.15) is 5.82 Å². The molecule has 2 amide bonds. The number of carbonyl (C=O) groups excluding carboxylic acids is 3. The second-order valence-corrected chi connectivity index (χ2v) is 5.31. The Morgan fingerprint density at radius 1 is 1.00 bits per heavy atom. The number of esters is 1. The number of hydrogen-bond donors (Lipinski definition) is 2. The van der Waals surface area contributed by atoms with Crippen LogP contribution in [-0.4, -0.2) is 23.9 Å². The van der Waals surface area contributed by atoms with Crippen molar-refractivity contribution in [2.45, 2.75) is 20.0 Å². The summed E-state index contributed by atoms with van der Waals surface area (Å²) in [6.45, 7) is 2.81. The zero-order valence-corrected chi connectivity index (χ0v) is 13.7. The number of hydrogen-bond acceptors (Lipinski definition) is 4. The molecule has 0 aliphatic rings. The number of amides is 2. The van der Waals surface area contributed by atoms with Crippen molar-refractivity contribution >= 4 is 29.2 Å². The highest BCUT2D eigenvalue weighted by Crippen LogP contribution is 2.14. The van der Waals surface area contributed by atoms with E-state index in [1.165, 1.54) is 32.0 Å². The molecule has 0 aliphatic heterocycles. The van der Waals surface area contributed by atoms with Gasteiger partial charge in [-0.25, -0.2) is 9.18 Å². The molecule has 2 rings (SSSR count). The first-order chi connectivity index (χ1) is 11.8. The van der Waals surface area contributed by atoms with Gasteiger partial charge in [-0.2, -0.15) is 0 Å². The van der Waals surface area contributed by atoms with Crippen LogP contribution in [-0.2, 0) is 14.3 Å². The van der Waals surface area contributed by atoms with Crippen molar-refractivity contribution in [3.63, 3.8) is 0 Å². The molecule has 0 radical (unpaired) electrons. The first-order valence-electron chi connectivity index (χ1n) is 7.50. The Hall–Kier alpha value is -3.22. The number of benzene rings is 2. The predicted molar refractivity (Wildman–Crippen MR) is 90.7 cm³/mol. The summed E-state index contributed by atoms with van der Waals surface area (Å²) in [6.07, 6.45) is -1.06. The number of nitrogens with one attached hydrogen (secondary N) is 2. The molecule has 25 heavy (non-hydrogen) atoms. The number of anilines is 2. The van der Waals surface area contributed by atoms with Crippen molar-refractivity contribution in [2.75, 3.05) is 10.6 Å². The monoisotopic (exact) mass is 344 g/mol. The lowest BCUT2D eigenvalue weighted by Crippen LogP contribution is -2.30. The van der Waals surface area contributed by atoms with E-state index >= 15 is 0 Å². The standard InChI is InChI=1S/C18H17FN2O4/c1-11(25-18(24)13-4-3-5-14(19)10-13)17(23)21-16-8-6-15(7-9-16)20-12(2)22/h3-11H,1-2H3,(H,20,22)(H,21,23)/t11-/m0/s1. The van der Waals surface area contributed by atoms with Crippen LogP contribution in [0.5, 0.6) is 0 Å². The second kappa shape index (κ2) is 8.05. The molecular formula is C18H17FN2O4. The molecule has 0 saturated carbocycles. The van der Waals surface area contributed by atoms with E-state index in [0.717, 1.165) is 6.07 Å². The van der Waals surface area contributed by atoms with Crippen LogP contribution in [0.15, 0.2) is 48.5 Å². The topological polar surface area (TPSA) is 84.5 Å². The number of halogens is 1. The highest BCUT2D eigenvalue weighted by molar-refractivity contribution is 5.97. The minimum absolute atomic E-state index is 0.0271. The molecule has 7 heteroatoms. The first-order valence-corrected chi connectivity index (χ1v) is 7.50. The maximum atomic E-state index is 13.1. The SMILES string of the molecule is CC(=O)Nc1ccc(NC(=O)[C@H](C)OC(=O)c2cccc(F)c2)cc1. The van der Waals surface area contributed by atoms with Gasteiger partial charge in [-0.3, -0.25) is 9.59 Å². The highest BCUT2D eigenvalue weighted by atomic mass is 19.1. The van der Waals surface area contributed by atoms with Gasteiger partial charge < -0.3 is 15.4 Å². The molecular weight excluding hydrogens is 327 g/mol. The van der Waals surface area contributed by atoms with Gasteiger partial charge in [-0.15, -0.1) is 0 Å². The minimum Gasteiger partial charge on any atom is -0.449 e. The fraction of sp³-hybridized carbons (Fsp3) is 0.167. The van der Waals surface area contributed by atoms with Gasteiger partial charge in [-0.1, -0.05) is 6.07 Å². The van der Waals surface area contributed by atoms with E-state index in [4.69, 9.17) is 4.74 Å². The number of ether oxygens (including phenoxy) is 1. The van der Waals surface area contributed by atoms with Gasteiger partial charge in [0.2, 0.25) is 5.91 Å². The van der Waals surface area contributed by atoms with Gasteiger partial charge in [0.25, 0.3) is 5.91 Å². The zero-order chi connectivity index (χ0) is 18.4. The van der Waals surface area contributed by atoms with Gasteiger partial charge in [0.05, 0.1) is 5.56 Å². The molecule has 2 aromatic carbocycles. The molecule has 0 fully saturated rings. The quantitative estimate of drug-likeness (QED) is 0.817. The van der Waals surface area contributed by atoms with Crippen LogP contribution < -0.4 is 10.6 Å². The summed E-state index contributed by atoms with van der Waals surface area (Å²) < 4.78 is 18.1. The Balaban J connectivity index is 1.93. The summed E-state index contributed by atoms with van der Waals surface area (Å²) in [5.41, 5.74) is 1.10. The molecule has 0 saturated heterocycles. The number of carbonyl (C=O) groups is 3. The molecule has 0 bridgehead atoms. The summed E-state index contributed by atoms with van der Waals surface area (Å²) in [4.78, 5) is 34.9. The van der Waals surface area contributed by atoms with E-state index in [9.17, 15) is 18.8 Å². The summed E-state index contributed by atoms with van der Waals surface area (Å²) in [5.74, 6) is -2.08. The number of rotatable bonds is 5. The fourth-order valence-corrected chi connectivity index (χ4v) is 1.98. The Morgan fingerprint density at radius 3 is 2.16 bits per heavy atom. The molecule has 0 aromatic heterocycles. The highest BCUT2D eigenvalue weighted by Gasteiger charge is 2.19. The van der Waals surface area contributed by atoms with Crippen molar-refractivity contribution in [1.29, 1.82) is 0 Å². The molecule has 0 spiro atoms. The van der Waals surface area contributed by atoms with Gasteiger partial charge in [-0.05, 0) is 49.4 Å². The van der Waals surface area contributed by atoms with E-state index < -0.39 is 23.8 Å². The summed E-state index contributed by atoms with van der Waals surface area (Å²) >= 11 is 0. The van der Waals surface area contributed by atoms with Crippen molar-refractivity contribution < 1.29 is 23.5 Å². The lowest BCUT2D eigenvalue weighted by Gasteiger charge is -2.14. The second-order valence-electron chi connectivity index (χ2n) is 5.31. The minimum atomic E-state index is -1.06. The third-order valence-corrected chi connectivity index (χ3v) is 3.19. The van der Waals surface area contributed by atoms with Crippen molar-refractivity contribution in [2.24, 2.45) is 0 Å². The summed E-state index contributed by atoms with van der Waals surface area (Å²) in [7, 11) is 0. The Bertz CT molecular complexity index is 790. The van der Waals surface area contributed by atoms with Crippen molar-refractivity contribution in [3.05, 3.63) is 59.9 Å². The molecule has 1 atom stereocenters. The van der Waals surface area contributed by atoms with Crippen LogP contribution in [0, 0.1) is 5.82 Å². The smallest absolute Gasteiger partial charge is 0.339 e. The first kappa shape index (κ1) is 18.1. The maximum absolute atomic E-state index is 13.1. The van der Waals surface area contributed by atoms with Crippen LogP contribution in [0.1, 0.15) is 24.2 Å². The molecule has 6 nitrogen and oxygen atoms in total. The molecule has 0 unspecified atom stereocenters. The van der Waals surface area contributed by atoms with Crippen LogP contribution >= 0.6 is 0 Å². The van der Waals surface area contributed by atoms with Gasteiger partial charge >= 0.3 is 5.97 Å². The van der Waals surface area contributed by atoms with Crippen molar-refractivity contribution in [1.82, 2.24) is 0 Å². The molecule has 130 valence electrons. The average Bonchev–Trinajstić information content (AvgIpc) is 2.56. The van der Waals surface area contributed by atoms with Crippen LogP contribution in [0.2, 0.25) is 0 Å². The van der Waals surface area contributed by atoms with E-state index in [1.807, 2.05) is 0 Å². The lowest BCUT2D eigenvalue weighted by molar-refractivity contribution is -0.123. The van der Waals surface area contributed by atoms with E-state index in [0.29, 0.717) is 11.4 Å². The molecule has 0 heterocycles. The maximum Gasteiger partial charge on any atom is 0.339 e. The normalized spacial score (nSPS) is 11.3. The fourth-order valence-electron chi connectivity index (χ4n) is 1.98. The predicted octanol–water partition coefficient (Wildman–Crippen LogP) is 2.97. The Labute approximate surface area is 144 Å². The molecule has 2 aromatic rings. The van der Waals surface area contributed by atoms with E-state index in [-0.39, 0.29) is 11.5 Å². The summed E-state index contributed by atoms with van der Waals surface area (Å²) in [6, 6.07) is 11.5. The van der Waals surface area contributed by atoms with E-state index in [2.05, 4.69) is 10.6 Å². The van der Waals surface area contributed by atoms with Crippen LogP contribution in [0.3, 0.4) is 0 Å².